The van der Waals surface area contributed by atoms with Crippen molar-refractivity contribution in [2.24, 2.45) is 0 Å². The summed E-state index contributed by atoms with van der Waals surface area (Å²) in [6.45, 7) is 1.03. The van der Waals surface area contributed by atoms with Crippen LogP contribution in [0.2, 0.25) is 0 Å². The van der Waals surface area contributed by atoms with Crippen LogP contribution in [0.3, 0.4) is 0 Å². The second-order valence-electron chi connectivity index (χ2n) is 6.38. The lowest BCUT2D eigenvalue weighted by Crippen LogP contribution is -2.37. The Bertz CT molecular complexity index is 819. The Balaban J connectivity index is 1.36. The number of nitrogens with one attached hydrogen (secondary N) is 1. The van der Waals surface area contributed by atoms with Gasteiger partial charge in [0.1, 0.15) is 36.9 Å². The molecule has 0 fully saturated rings. The van der Waals surface area contributed by atoms with Gasteiger partial charge in [0.05, 0.1) is 0 Å². The maximum absolute atomic E-state index is 10.1. The Morgan fingerprint density at radius 3 is 2.11 bits per heavy atom. The summed E-state index contributed by atoms with van der Waals surface area (Å²) in [7, 11) is 0. The predicted octanol–water partition coefficient (Wildman–Crippen LogP) is 2.61. The van der Waals surface area contributed by atoms with Gasteiger partial charge in [0.25, 0.3) is 0 Å². The topological polar surface area (TPSA) is 71.0 Å². The third-order valence-corrected chi connectivity index (χ3v) is 4.13. The van der Waals surface area contributed by atoms with Gasteiger partial charge in [-0.15, -0.1) is 0 Å². The summed E-state index contributed by atoms with van der Waals surface area (Å²) in [5.74, 6) is 1.48. The number of hydrogen-bond acceptors (Lipinski definition) is 5. The molecule has 3 N–H and O–H groups in total. The van der Waals surface area contributed by atoms with Gasteiger partial charge in [0, 0.05) is 18.5 Å². The molecule has 3 aromatic carbocycles. The normalized spacial score (nSPS) is 13.3. The van der Waals surface area contributed by atoms with E-state index in [0.717, 1.165) is 22.3 Å². The van der Waals surface area contributed by atoms with E-state index in [9.17, 15) is 10.2 Å². The average Bonchev–Trinajstić information content (AvgIpc) is 2.71. The van der Waals surface area contributed by atoms with Crippen LogP contribution < -0.4 is 14.8 Å². The number of benzene rings is 3. The Kier molecular flexibility index (Phi) is 7.04. The second-order valence-corrected chi connectivity index (χ2v) is 6.38. The lowest BCUT2D eigenvalue weighted by molar-refractivity contribution is 0.0861. The van der Waals surface area contributed by atoms with Crippen molar-refractivity contribution in [3.8, 4) is 11.5 Å². The summed E-state index contributed by atoms with van der Waals surface area (Å²) in [5.41, 5.74) is 0. The first-order chi connectivity index (χ1) is 13.2. The number of ether oxygens (including phenoxy) is 2. The molecule has 0 spiro atoms. The summed E-state index contributed by atoms with van der Waals surface area (Å²) >= 11 is 0. The number of para-hydroxylation sites is 1. The van der Waals surface area contributed by atoms with E-state index in [1.807, 2.05) is 72.8 Å². The Morgan fingerprint density at radius 1 is 0.704 bits per heavy atom. The van der Waals surface area contributed by atoms with Crippen LogP contribution in [0.5, 0.6) is 11.5 Å². The molecule has 0 aliphatic rings. The van der Waals surface area contributed by atoms with Crippen LogP contribution in [0.15, 0.2) is 72.8 Å². The standard InChI is InChI=1S/C22H25NO4/c24-18(15-26-20-9-2-1-3-10-20)13-23-14-19(25)16-27-22-12-6-8-17-7-4-5-11-21(17)22/h1-12,18-19,23-25H,13-16H2. The molecule has 0 aliphatic heterocycles. The Hall–Kier alpha value is -2.60. The maximum Gasteiger partial charge on any atom is 0.127 e. The van der Waals surface area contributed by atoms with Gasteiger partial charge in [-0.1, -0.05) is 54.6 Å². The smallest absolute Gasteiger partial charge is 0.127 e. The van der Waals surface area contributed by atoms with Crippen molar-refractivity contribution < 1.29 is 19.7 Å². The molecule has 142 valence electrons. The van der Waals surface area contributed by atoms with Gasteiger partial charge in [-0.3, -0.25) is 0 Å². The molecule has 2 atom stereocenters. The highest BCUT2D eigenvalue weighted by atomic mass is 16.5. The highest BCUT2D eigenvalue weighted by Gasteiger charge is 2.09. The quantitative estimate of drug-likeness (QED) is 0.514. The number of aliphatic hydroxyl groups excluding tert-OH is 2. The second kappa shape index (κ2) is 9.92. The molecular formula is C22H25NO4. The van der Waals surface area contributed by atoms with Crippen molar-refractivity contribution in [2.45, 2.75) is 12.2 Å². The molecule has 27 heavy (non-hydrogen) atoms. The molecule has 0 bridgehead atoms. The summed E-state index contributed by atoms with van der Waals surface area (Å²) in [4.78, 5) is 0. The first-order valence-corrected chi connectivity index (χ1v) is 9.07. The molecule has 3 aromatic rings. The van der Waals surface area contributed by atoms with E-state index in [0.29, 0.717) is 13.1 Å². The molecule has 0 aromatic heterocycles. The Morgan fingerprint density at radius 2 is 1.33 bits per heavy atom. The molecule has 5 nitrogen and oxygen atoms in total. The zero-order valence-corrected chi connectivity index (χ0v) is 15.1. The van der Waals surface area contributed by atoms with E-state index in [2.05, 4.69) is 5.32 Å². The van der Waals surface area contributed by atoms with Crippen LogP contribution in [0, 0.1) is 0 Å². The van der Waals surface area contributed by atoms with Crippen LogP contribution in [0.1, 0.15) is 0 Å². The minimum Gasteiger partial charge on any atom is -0.491 e. The highest BCUT2D eigenvalue weighted by Crippen LogP contribution is 2.25. The van der Waals surface area contributed by atoms with Crippen molar-refractivity contribution in [2.75, 3.05) is 26.3 Å². The monoisotopic (exact) mass is 367 g/mol. The van der Waals surface area contributed by atoms with E-state index in [1.165, 1.54) is 0 Å². The minimum atomic E-state index is -0.675. The fourth-order valence-corrected chi connectivity index (χ4v) is 2.75. The third-order valence-electron chi connectivity index (χ3n) is 4.13. The van der Waals surface area contributed by atoms with Crippen molar-refractivity contribution in [3.05, 3.63) is 72.8 Å². The number of aliphatic hydroxyl groups is 2. The fourth-order valence-electron chi connectivity index (χ4n) is 2.75. The molecule has 0 amide bonds. The first kappa shape index (κ1) is 19.2. The van der Waals surface area contributed by atoms with E-state index >= 15 is 0 Å². The summed E-state index contributed by atoms with van der Waals surface area (Å²) < 4.78 is 11.3. The lowest BCUT2D eigenvalue weighted by Gasteiger charge is -2.16. The van der Waals surface area contributed by atoms with Crippen LogP contribution >= 0.6 is 0 Å². The van der Waals surface area contributed by atoms with Gasteiger partial charge in [-0.25, -0.2) is 0 Å². The van der Waals surface area contributed by atoms with Gasteiger partial charge in [-0.2, -0.15) is 0 Å². The summed E-state index contributed by atoms with van der Waals surface area (Å²) in [5, 5.41) is 25.2. The molecule has 5 heteroatoms. The highest BCUT2D eigenvalue weighted by molar-refractivity contribution is 5.88. The van der Waals surface area contributed by atoms with Gasteiger partial charge in [0.2, 0.25) is 0 Å². The third kappa shape index (κ3) is 5.96. The van der Waals surface area contributed by atoms with Gasteiger partial charge < -0.3 is 25.0 Å². The molecule has 3 rings (SSSR count). The zero-order valence-electron chi connectivity index (χ0n) is 15.1. The maximum atomic E-state index is 10.1. The average molecular weight is 367 g/mol. The fraction of sp³-hybridized carbons (Fsp3) is 0.273. The van der Waals surface area contributed by atoms with Crippen molar-refractivity contribution >= 4 is 10.8 Å². The Labute approximate surface area is 159 Å². The van der Waals surface area contributed by atoms with E-state index in [1.54, 1.807) is 0 Å². The van der Waals surface area contributed by atoms with E-state index in [4.69, 9.17) is 9.47 Å². The minimum absolute atomic E-state index is 0.178. The lowest BCUT2D eigenvalue weighted by atomic mass is 10.1. The SMILES string of the molecule is OC(CNCC(O)COc1cccc2ccccc12)COc1ccccc1. The van der Waals surface area contributed by atoms with Crippen LogP contribution in [-0.4, -0.2) is 48.7 Å². The number of rotatable bonds is 10. The molecule has 0 saturated carbocycles. The molecule has 2 unspecified atom stereocenters. The van der Waals surface area contributed by atoms with E-state index in [-0.39, 0.29) is 13.2 Å². The van der Waals surface area contributed by atoms with Gasteiger partial charge >= 0.3 is 0 Å². The van der Waals surface area contributed by atoms with Crippen LogP contribution in [0.25, 0.3) is 10.8 Å². The summed E-state index contributed by atoms with van der Waals surface area (Å²) in [6.07, 6.45) is -1.33. The molecule has 0 heterocycles. The van der Waals surface area contributed by atoms with Gasteiger partial charge in [-0.05, 0) is 23.6 Å². The van der Waals surface area contributed by atoms with Crippen LogP contribution in [0.4, 0.5) is 0 Å². The number of fused-ring (bicyclic) bond motifs is 1. The van der Waals surface area contributed by atoms with Crippen molar-refractivity contribution in [1.29, 1.82) is 0 Å². The summed E-state index contributed by atoms with van der Waals surface area (Å²) in [6, 6.07) is 23.2. The number of hydrogen-bond donors (Lipinski definition) is 3. The largest absolute Gasteiger partial charge is 0.491 e. The van der Waals surface area contributed by atoms with Gasteiger partial charge in [0.15, 0.2) is 0 Å². The van der Waals surface area contributed by atoms with Crippen LogP contribution in [-0.2, 0) is 0 Å². The molecule has 0 aliphatic carbocycles. The van der Waals surface area contributed by atoms with Crippen molar-refractivity contribution in [1.82, 2.24) is 5.32 Å². The molecule has 0 radical (unpaired) electrons. The van der Waals surface area contributed by atoms with E-state index < -0.39 is 12.2 Å². The first-order valence-electron chi connectivity index (χ1n) is 9.07. The zero-order chi connectivity index (χ0) is 18.9. The molecular weight excluding hydrogens is 342 g/mol. The van der Waals surface area contributed by atoms with Crippen molar-refractivity contribution in [3.63, 3.8) is 0 Å². The predicted molar refractivity (Wildman–Crippen MR) is 106 cm³/mol. The molecule has 0 saturated heterocycles.